The third kappa shape index (κ3) is 4.30. The smallest absolute Gasteiger partial charge is 0.0175 e. The molecule has 1 aromatic carbocycles. The van der Waals surface area contributed by atoms with Crippen LogP contribution in [0.4, 0.5) is 0 Å². The first-order valence-electron chi connectivity index (χ1n) is 8.42. The van der Waals surface area contributed by atoms with Gasteiger partial charge in [-0.1, -0.05) is 35.0 Å². The van der Waals surface area contributed by atoms with Crippen LogP contribution >= 0.6 is 15.9 Å². The maximum Gasteiger partial charge on any atom is 0.0175 e. The first kappa shape index (κ1) is 15.5. The van der Waals surface area contributed by atoms with E-state index >= 15 is 0 Å². The Kier molecular flexibility index (Phi) is 5.36. The fourth-order valence-corrected chi connectivity index (χ4v) is 3.77. The summed E-state index contributed by atoms with van der Waals surface area (Å²) in [5.41, 5.74) is 1.50. The van der Waals surface area contributed by atoms with Gasteiger partial charge in [0, 0.05) is 23.6 Å². The van der Waals surface area contributed by atoms with Crippen molar-refractivity contribution in [2.75, 3.05) is 26.2 Å². The summed E-state index contributed by atoms with van der Waals surface area (Å²) in [6.45, 7) is 7.37. The van der Waals surface area contributed by atoms with Crippen LogP contribution in [0.5, 0.6) is 0 Å². The van der Waals surface area contributed by atoms with Crippen LogP contribution in [0.25, 0.3) is 0 Å². The Hall–Kier alpha value is -0.380. The number of nitrogens with zero attached hydrogens (tertiary/aromatic N) is 1. The molecule has 116 valence electrons. The highest BCUT2D eigenvalue weighted by Gasteiger charge is 2.29. The molecule has 0 amide bonds. The lowest BCUT2D eigenvalue weighted by Gasteiger charge is -2.37. The van der Waals surface area contributed by atoms with Crippen molar-refractivity contribution >= 4 is 15.9 Å². The van der Waals surface area contributed by atoms with Crippen molar-refractivity contribution in [2.45, 2.75) is 44.6 Å². The molecule has 0 atom stereocenters. The zero-order valence-corrected chi connectivity index (χ0v) is 14.6. The fourth-order valence-electron chi connectivity index (χ4n) is 3.50. The lowest BCUT2D eigenvalue weighted by atomic mass is 9.76. The predicted molar refractivity (Wildman–Crippen MR) is 92.7 cm³/mol. The van der Waals surface area contributed by atoms with Gasteiger partial charge < -0.3 is 10.2 Å². The summed E-state index contributed by atoms with van der Waals surface area (Å²) in [7, 11) is 0. The summed E-state index contributed by atoms with van der Waals surface area (Å²) >= 11 is 3.50. The lowest BCUT2D eigenvalue weighted by Crippen LogP contribution is -2.44. The molecule has 2 aliphatic rings. The molecule has 2 nitrogen and oxygen atoms in total. The van der Waals surface area contributed by atoms with E-state index in [0.717, 1.165) is 24.4 Å². The molecule has 1 saturated heterocycles. The van der Waals surface area contributed by atoms with Crippen LogP contribution < -0.4 is 5.32 Å². The summed E-state index contributed by atoms with van der Waals surface area (Å²) in [5, 5.41) is 3.74. The average Bonchev–Trinajstić information content (AvgIpc) is 2.45. The molecule has 21 heavy (non-hydrogen) atoms. The maximum absolute atomic E-state index is 3.74. The van der Waals surface area contributed by atoms with E-state index in [1.165, 1.54) is 55.4 Å². The second-order valence-corrected chi connectivity index (χ2v) is 7.81. The standard InChI is InChI=1S/C18H27BrN2/c1-14-6-9-21(10-7-14)11-8-20-18-12-16(13-18)15-2-4-17(19)5-3-15/h2-5,14,16,18,20H,6-13H2,1H3. The SMILES string of the molecule is CC1CCN(CCNC2CC(c3ccc(Br)cc3)C2)CC1. The van der Waals surface area contributed by atoms with E-state index in [1.807, 2.05) is 0 Å². The molecule has 1 aliphatic carbocycles. The van der Waals surface area contributed by atoms with Crippen molar-refractivity contribution in [1.29, 1.82) is 0 Å². The van der Waals surface area contributed by atoms with E-state index in [2.05, 4.69) is 57.3 Å². The van der Waals surface area contributed by atoms with Gasteiger partial charge in [-0.25, -0.2) is 0 Å². The van der Waals surface area contributed by atoms with Gasteiger partial charge in [-0.05, 0) is 68.3 Å². The van der Waals surface area contributed by atoms with Crippen LogP contribution in [0, 0.1) is 5.92 Å². The molecule has 1 heterocycles. The summed E-state index contributed by atoms with van der Waals surface area (Å²) < 4.78 is 1.18. The molecule has 1 aliphatic heterocycles. The van der Waals surface area contributed by atoms with Crippen LogP contribution in [0.3, 0.4) is 0 Å². The average molecular weight is 351 g/mol. The normalized spacial score (nSPS) is 27.5. The van der Waals surface area contributed by atoms with Crippen molar-refractivity contribution < 1.29 is 0 Å². The van der Waals surface area contributed by atoms with Crippen molar-refractivity contribution in [3.05, 3.63) is 34.3 Å². The Bertz CT molecular complexity index is 431. The predicted octanol–water partition coefficient (Wildman–Crippen LogP) is 4.02. The molecule has 2 fully saturated rings. The van der Waals surface area contributed by atoms with E-state index in [9.17, 15) is 0 Å². The highest BCUT2D eigenvalue weighted by atomic mass is 79.9. The van der Waals surface area contributed by atoms with Crippen LogP contribution in [0.1, 0.15) is 44.1 Å². The van der Waals surface area contributed by atoms with E-state index in [-0.39, 0.29) is 0 Å². The van der Waals surface area contributed by atoms with E-state index in [4.69, 9.17) is 0 Å². The van der Waals surface area contributed by atoms with Crippen molar-refractivity contribution in [2.24, 2.45) is 5.92 Å². The summed E-state index contributed by atoms with van der Waals surface area (Å²) in [4.78, 5) is 2.62. The Morgan fingerprint density at radius 1 is 1.14 bits per heavy atom. The van der Waals surface area contributed by atoms with Crippen LogP contribution in [-0.2, 0) is 0 Å². The largest absolute Gasteiger partial charge is 0.313 e. The van der Waals surface area contributed by atoms with Gasteiger partial charge in [0.1, 0.15) is 0 Å². The minimum atomic E-state index is 0.738. The highest BCUT2D eigenvalue weighted by Crippen LogP contribution is 2.37. The second-order valence-electron chi connectivity index (χ2n) is 6.90. The lowest BCUT2D eigenvalue weighted by molar-refractivity contribution is 0.184. The highest BCUT2D eigenvalue weighted by molar-refractivity contribution is 9.10. The first-order chi connectivity index (χ1) is 10.2. The number of hydrogen-bond acceptors (Lipinski definition) is 2. The van der Waals surface area contributed by atoms with Gasteiger partial charge in [-0.2, -0.15) is 0 Å². The first-order valence-corrected chi connectivity index (χ1v) is 9.21. The minimum absolute atomic E-state index is 0.738. The van der Waals surface area contributed by atoms with E-state index < -0.39 is 0 Å². The van der Waals surface area contributed by atoms with Crippen molar-refractivity contribution in [3.63, 3.8) is 0 Å². The Labute approximate surface area is 137 Å². The summed E-state index contributed by atoms with van der Waals surface area (Å²) in [5.74, 6) is 1.71. The maximum atomic E-state index is 3.74. The van der Waals surface area contributed by atoms with E-state index in [0.29, 0.717) is 0 Å². The quantitative estimate of drug-likeness (QED) is 0.862. The molecule has 0 aromatic heterocycles. The third-order valence-corrected chi connectivity index (χ3v) is 5.75. The number of rotatable bonds is 5. The molecule has 0 unspecified atom stereocenters. The van der Waals surface area contributed by atoms with Crippen LogP contribution in [-0.4, -0.2) is 37.1 Å². The minimum Gasteiger partial charge on any atom is -0.313 e. The molecule has 0 spiro atoms. The number of likely N-dealkylation sites (tertiary alicyclic amines) is 1. The molecule has 0 radical (unpaired) electrons. The molecular weight excluding hydrogens is 324 g/mol. The Balaban J connectivity index is 1.31. The Morgan fingerprint density at radius 3 is 2.48 bits per heavy atom. The zero-order valence-electron chi connectivity index (χ0n) is 13.0. The molecule has 1 N–H and O–H groups in total. The van der Waals surface area contributed by atoms with Gasteiger partial charge in [0.15, 0.2) is 0 Å². The number of hydrogen-bond donors (Lipinski definition) is 1. The summed E-state index contributed by atoms with van der Waals surface area (Å²) in [6.07, 6.45) is 5.38. The molecule has 1 aromatic rings. The molecule has 0 bridgehead atoms. The topological polar surface area (TPSA) is 15.3 Å². The molecular formula is C18H27BrN2. The van der Waals surface area contributed by atoms with Crippen LogP contribution in [0.2, 0.25) is 0 Å². The second kappa shape index (κ2) is 7.26. The number of halogens is 1. The molecule has 3 rings (SSSR count). The number of piperidine rings is 1. The van der Waals surface area contributed by atoms with Crippen molar-refractivity contribution in [1.82, 2.24) is 10.2 Å². The number of benzene rings is 1. The Morgan fingerprint density at radius 2 is 1.81 bits per heavy atom. The van der Waals surface area contributed by atoms with Gasteiger partial charge in [0.2, 0.25) is 0 Å². The van der Waals surface area contributed by atoms with Gasteiger partial charge in [-0.3, -0.25) is 0 Å². The van der Waals surface area contributed by atoms with Gasteiger partial charge >= 0.3 is 0 Å². The fraction of sp³-hybridized carbons (Fsp3) is 0.667. The summed E-state index contributed by atoms with van der Waals surface area (Å²) in [6, 6.07) is 9.59. The third-order valence-electron chi connectivity index (χ3n) is 5.22. The van der Waals surface area contributed by atoms with Gasteiger partial charge in [-0.15, -0.1) is 0 Å². The zero-order chi connectivity index (χ0) is 14.7. The molecule has 3 heteroatoms. The van der Waals surface area contributed by atoms with Crippen LogP contribution in [0.15, 0.2) is 28.7 Å². The number of nitrogens with one attached hydrogen (secondary N) is 1. The van der Waals surface area contributed by atoms with E-state index in [1.54, 1.807) is 0 Å². The van der Waals surface area contributed by atoms with Crippen molar-refractivity contribution in [3.8, 4) is 0 Å². The monoisotopic (exact) mass is 350 g/mol. The van der Waals surface area contributed by atoms with Gasteiger partial charge in [0.05, 0.1) is 0 Å². The molecule has 1 saturated carbocycles. The van der Waals surface area contributed by atoms with Gasteiger partial charge in [0.25, 0.3) is 0 Å².